The van der Waals surface area contributed by atoms with Crippen LogP contribution in [0.25, 0.3) is 0 Å². The molecule has 2 rings (SSSR count). The van der Waals surface area contributed by atoms with Crippen LogP contribution in [0.3, 0.4) is 0 Å². The van der Waals surface area contributed by atoms with Crippen LogP contribution < -0.4 is 29.6 Å². The monoisotopic (exact) mass is 545 g/mol. The third-order valence-electron chi connectivity index (χ3n) is 4.27. The lowest BCUT2D eigenvalue weighted by Crippen LogP contribution is -2.30. The minimum absolute atomic E-state index is 0. The number of hydrogen-bond donors (Lipinski definition) is 2. The van der Waals surface area contributed by atoms with Crippen molar-refractivity contribution in [2.75, 3.05) is 54.0 Å². The SMILES string of the molecule is CN=C(NCc1cccc(OCCCOC)c1)Nc1cc(OC)c(OC)c(OC)c1.I. The number of benzene rings is 2. The number of aliphatic imine (C=N–C) groups is 1. The summed E-state index contributed by atoms with van der Waals surface area (Å²) < 4.78 is 27.0. The highest BCUT2D eigenvalue weighted by atomic mass is 127. The standard InChI is InChI=1S/C22H31N3O5.HI/c1-23-22(25-17-13-19(27-3)21(29-5)20(14-17)28-4)24-15-16-8-6-9-18(12-16)30-11-7-10-26-2;/h6,8-9,12-14H,7,10-11,15H2,1-5H3,(H2,23,24,25);1H. The molecule has 31 heavy (non-hydrogen) atoms. The van der Waals surface area contributed by atoms with Gasteiger partial charge >= 0.3 is 0 Å². The van der Waals surface area contributed by atoms with E-state index in [4.69, 9.17) is 23.7 Å². The van der Waals surface area contributed by atoms with E-state index < -0.39 is 0 Å². The third kappa shape index (κ3) is 8.33. The second kappa shape index (κ2) is 14.6. The van der Waals surface area contributed by atoms with E-state index in [1.807, 2.05) is 36.4 Å². The maximum Gasteiger partial charge on any atom is 0.203 e. The van der Waals surface area contributed by atoms with Crippen molar-refractivity contribution in [1.82, 2.24) is 5.32 Å². The molecule has 0 aliphatic rings. The average molecular weight is 545 g/mol. The molecule has 0 saturated carbocycles. The van der Waals surface area contributed by atoms with Gasteiger partial charge < -0.3 is 34.3 Å². The zero-order chi connectivity index (χ0) is 21.8. The summed E-state index contributed by atoms with van der Waals surface area (Å²) in [5.41, 5.74) is 1.83. The van der Waals surface area contributed by atoms with Crippen LogP contribution >= 0.6 is 24.0 Å². The number of nitrogens with zero attached hydrogens (tertiary/aromatic N) is 1. The largest absolute Gasteiger partial charge is 0.493 e. The molecule has 0 radical (unpaired) electrons. The van der Waals surface area contributed by atoms with Crippen molar-refractivity contribution < 1.29 is 23.7 Å². The number of hydrogen-bond acceptors (Lipinski definition) is 6. The minimum Gasteiger partial charge on any atom is -0.493 e. The molecule has 0 atom stereocenters. The maximum absolute atomic E-state index is 5.76. The second-order valence-electron chi connectivity index (χ2n) is 6.31. The van der Waals surface area contributed by atoms with E-state index in [0.29, 0.717) is 43.0 Å². The minimum atomic E-state index is 0. The van der Waals surface area contributed by atoms with Crippen molar-refractivity contribution in [1.29, 1.82) is 0 Å². The topological polar surface area (TPSA) is 82.6 Å². The van der Waals surface area contributed by atoms with E-state index in [2.05, 4.69) is 15.6 Å². The fourth-order valence-corrected chi connectivity index (χ4v) is 2.79. The van der Waals surface area contributed by atoms with Crippen LogP contribution in [0.1, 0.15) is 12.0 Å². The van der Waals surface area contributed by atoms with Crippen molar-refractivity contribution in [3.05, 3.63) is 42.0 Å². The number of ether oxygens (including phenoxy) is 5. The zero-order valence-corrected chi connectivity index (χ0v) is 21.0. The fourth-order valence-electron chi connectivity index (χ4n) is 2.79. The van der Waals surface area contributed by atoms with Gasteiger partial charge in [-0.1, -0.05) is 12.1 Å². The van der Waals surface area contributed by atoms with Crippen LogP contribution in [0.15, 0.2) is 41.4 Å². The quantitative estimate of drug-likeness (QED) is 0.192. The number of methoxy groups -OCH3 is 4. The molecule has 2 aromatic rings. The first-order chi connectivity index (χ1) is 14.6. The smallest absolute Gasteiger partial charge is 0.203 e. The van der Waals surface area contributed by atoms with Gasteiger partial charge in [-0.3, -0.25) is 4.99 Å². The molecular formula is C22H32IN3O5. The molecule has 0 bridgehead atoms. The Morgan fingerprint density at radius 3 is 2.23 bits per heavy atom. The van der Waals surface area contributed by atoms with Crippen LogP contribution in [0.2, 0.25) is 0 Å². The molecule has 0 aliphatic heterocycles. The number of nitrogens with one attached hydrogen (secondary N) is 2. The summed E-state index contributed by atoms with van der Waals surface area (Å²) in [6.07, 6.45) is 0.852. The second-order valence-corrected chi connectivity index (χ2v) is 6.31. The van der Waals surface area contributed by atoms with Crippen molar-refractivity contribution in [3.8, 4) is 23.0 Å². The lowest BCUT2D eigenvalue weighted by molar-refractivity contribution is 0.172. The van der Waals surface area contributed by atoms with Gasteiger partial charge in [-0.2, -0.15) is 0 Å². The summed E-state index contributed by atoms with van der Waals surface area (Å²) in [5.74, 6) is 3.10. The molecule has 0 fully saturated rings. The normalized spacial score (nSPS) is 10.7. The molecule has 0 saturated heterocycles. The Morgan fingerprint density at radius 1 is 0.935 bits per heavy atom. The molecule has 0 aromatic heterocycles. The summed E-state index contributed by atoms with van der Waals surface area (Å²) in [4.78, 5) is 4.28. The van der Waals surface area contributed by atoms with E-state index in [0.717, 1.165) is 23.4 Å². The first-order valence-corrected chi connectivity index (χ1v) is 9.63. The summed E-state index contributed by atoms with van der Waals surface area (Å²) >= 11 is 0. The van der Waals surface area contributed by atoms with E-state index in [1.54, 1.807) is 35.5 Å². The highest BCUT2D eigenvalue weighted by Gasteiger charge is 2.14. The molecule has 0 spiro atoms. The van der Waals surface area contributed by atoms with E-state index in [-0.39, 0.29) is 24.0 Å². The summed E-state index contributed by atoms with van der Waals surface area (Å²) in [7, 11) is 8.13. The molecular weight excluding hydrogens is 513 g/mol. The zero-order valence-electron chi connectivity index (χ0n) is 18.7. The van der Waals surface area contributed by atoms with Crippen LogP contribution in [0, 0.1) is 0 Å². The van der Waals surface area contributed by atoms with Gasteiger partial charge in [-0.15, -0.1) is 24.0 Å². The Morgan fingerprint density at radius 2 is 1.65 bits per heavy atom. The summed E-state index contributed by atoms with van der Waals surface area (Å²) in [6.45, 7) is 1.89. The number of halogens is 1. The van der Waals surface area contributed by atoms with Crippen molar-refractivity contribution in [2.45, 2.75) is 13.0 Å². The highest BCUT2D eigenvalue weighted by Crippen LogP contribution is 2.39. The first kappa shape index (κ1) is 26.6. The Hall–Kier alpha value is -2.40. The molecule has 8 nitrogen and oxygen atoms in total. The predicted molar refractivity (Wildman–Crippen MR) is 134 cm³/mol. The van der Waals surface area contributed by atoms with Gasteiger partial charge in [0.25, 0.3) is 0 Å². The summed E-state index contributed by atoms with van der Waals surface area (Å²) in [6, 6.07) is 11.6. The number of guanidine groups is 1. The molecule has 0 unspecified atom stereocenters. The van der Waals surface area contributed by atoms with E-state index >= 15 is 0 Å². The Bertz CT molecular complexity index is 808. The van der Waals surface area contributed by atoms with Crippen molar-refractivity contribution >= 4 is 35.6 Å². The van der Waals surface area contributed by atoms with Gasteiger partial charge in [0.15, 0.2) is 17.5 Å². The van der Waals surface area contributed by atoms with Gasteiger partial charge in [0.05, 0.1) is 27.9 Å². The molecule has 0 aliphatic carbocycles. The van der Waals surface area contributed by atoms with Gasteiger partial charge in [0, 0.05) is 51.6 Å². The van der Waals surface area contributed by atoms with Crippen molar-refractivity contribution in [3.63, 3.8) is 0 Å². The van der Waals surface area contributed by atoms with Gasteiger partial charge in [-0.25, -0.2) is 0 Å². The summed E-state index contributed by atoms with van der Waals surface area (Å²) in [5, 5.41) is 6.53. The van der Waals surface area contributed by atoms with E-state index in [9.17, 15) is 0 Å². The molecule has 172 valence electrons. The molecule has 0 heterocycles. The lowest BCUT2D eigenvalue weighted by atomic mass is 10.2. The van der Waals surface area contributed by atoms with Crippen LogP contribution in [0.5, 0.6) is 23.0 Å². The highest BCUT2D eigenvalue weighted by molar-refractivity contribution is 14.0. The molecule has 2 N–H and O–H groups in total. The van der Waals surface area contributed by atoms with Gasteiger partial charge in [-0.05, 0) is 17.7 Å². The fraction of sp³-hybridized carbons (Fsp3) is 0.409. The Kier molecular flexibility index (Phi) is 12.5. The van der Waals surface area contributed by atoms with Crippen LogP contribution in [-0.2, 0) is 11.3 Å². The molecule has 0 amide bonds. The van der Waals surface area contributed by atoms with E-state index in [1.165, 1.54) is 0 Å². The van der Waals surface area contributed by atoms with Gasteiger partial charge in [0.1, 0.15) is 5.75 Å². The van der Waals surface area contributed by atoms with Crippen LogP contribution in [-0.4, -0.2) is 54.7 Å². The Balaban J connectivity index is 0.00000480. The molecule has 9 heteroatoms. The number of anilines is 1. The average Bonchev–Trinajstić information content (AvgIpc) is 2.78. The maximum atomic E-state index is 5.76. The van der Waals surface area contributed by atoms with Gasteiger partial charge in [0.2, 0.25) is 5.75 Å². The lowest BCUT2D eigenvalue weighted by Gasteiger charge is -2.16. The number of rotatable bonds is 11. The van der Waals surface area contributed by atoms with Crippen molar-refractivity contribution in [2.24, 2.45) is 4.99 Å². The van der Waals surface area contributed by atoms with Crippen LogP contribution in [0.4, 0.5) is 5.69 Å². The predicted octanol–water partition coefficient (Wildman–Crippen LogP) is 3.93. The molecule has 2 aromatic carbocycles. The third-order valence-corrected chi connectivity index (χ3v) is 4.27. The Labute approximate surface area is 201 Å². The first-order valence-electron chi connectivity index (χ1n) is 9.63.